The molecule has 2 N–H and O–H groups in total. The Labute approximate surface area is 141 Å². The van der Waals surface area contributed by atoms with Crippen LogP contribution >= 0.6 is 0 Å². The van der Waals surface area contributed by atoms with Gasteiger partial charge in [-0.3, -0.25) is 4.79 Å². The summed E-state index contributed by atoms with van der Waals surface area (Å²) >= 11 is 0. The summed E-state index contributed by atoms with van der Waals surface area (Å²) in [5.74, 6) is -0.987. The van der Waals surface area contributed by atoms with Gasteiger partial charge in [-0.1, -0.05) is 32.9 Å². The fraction of sp³-hybridized carbons (Fsp3) is 0.263. The van der Waals surface area contributed by atoms with Gasteiger partial charge >= 0.3 is 5.97 Å². The molecule has 0 heterocycles. The summed E-state index contributed by atoms with van der Waals surface area (Å²) in [4.78, 5) is 23.5. The number of carboxylic acid groups (broad SMARTS) is 1. The third-order valence-electron chi connectivity index (χ3n) is 3.71. The fourth-order valence-electron chi connectivity index (χ4n) is 2.25. The summed E-state index contributed by atoms with van der Waals surface area (Å²) in [6, 6.07) is 11.7. The van der Waals surface area contributed by atoms with Crippen LogP contribution in [0.2, 0.25) is 0 Å². The molecule has 0 spiro atoms. The number of methoxy groups -OCH3 is 1. The number of hydrogen-bond acceptors (Lipinski definition) is 3. The predicted octanol–water partition coefficient (Wildman–Crippen LogP) is 3.94. The number of ether oxygens (including phenoxy) is 1. The Morgan fingerprint density at radius 3 is 2.08 bits per heavy atom. The van der Waals surface area contributed by atoms with Crippen LogP contribution in [0.4, 0.5) is 5.69 Å². The van der Waals surface area contributed by atoms with E-state index < -0.39 is 5.97 Å². The normalized spacial score (nSPS) is 11.0. The molecule has 0 unspecified atom stereocenters. The highest BCUT2D eigenvalue weighted by molar-refractivity contribution is 6.05. The molecule has 0 aliphatic heterocycles. The lowest BCUT2D eigenvalue weighted by atomic mass is 9.87. The second-order valence-corrected chi connectivity index (χ2v) is 6.50. The van der Waals surface area contributed by atoms with Crippen LogP contribution in [0.3, 0.4) is 0 Å². The molecule has 0 atom stereocenters. The summed E-state index contributed by atoms with van der Waals surface area (Å²) in [5.41, 5.74) is 2.03. The van der Waals surface area contributed by atoms with Crippen molar-refractivity contribution in [2.45, 2.75) is 26.2 Å². The molecule has 0 saturated carbocycles. The molecule has 24 heavy (non-hydrogen) atoms. The Balaban J connectivity index is 2.26. The van der Waals surface area contributed by atoms with Crippen LogP contribution < -0.4 is 10.1 Å². The van der Waals surface area contributed by atoms with Gasteiger partial charge in [0.05, 0.1) is 18.4 Å². The van der Waals surface area contributed by atoms with Crippen molar-refractivity contribution in [3.63, 3.8) is 0 Å². The summed E-state index contributed by atoms with van der Waals surface area (Å²) in [6.07, 6.45) is 0. The molecule has 2 aromatic carbocycles. The zero-order valence-corrected chi connectivity index (χ0v) is 14.2. The van der Waals surface area contributed by atoms with Gasteiger partial charge in [0, 0.05) is 5.56 Å². The first-order valence-corrected chi connectivity index (χ1v) is 7.55. The van der Waals surface area contributed by atoms with Crippen molar-refractivity contribution >= 4 is 17.6 Å². The Bertz CT molecular complexity index is 758. The van der Waals surface area contributed by atoms with Gasteiger partial charge in [-0.05, 0) is 41.3 Å². The third kappa shape index (κ3) is 3.93. The second kappa shape index (κ2) is 6.74. The second-order valence-electron chi connectivity index (χ2n) is 6.50. The number of hydrogen-bond donors (Lipinski definition) is 2. The lowest BCUT2D eigenvalue weighted by Gasteiger charge is -2.19. The highest BCUT2D eigenvalue weighted by Crippen LogP contribution is 2.27. The van der Waals surface area contributed by atoms with Crippen LogP contribution in [-0.2, 0) is 5.41 Å². The SMILES string of the molecule is COc1ccc(C(=O)O)cc1NC(=O)c1ccc(C(C)(C)C)cc1. The van der Waals surface area contributed by atoms with Crippen molar-refractivity contribution in [1.82, 2.24) is 0 Å². The summed E-state index contributed by atoms with van der Waals surface area (Å²) in [5, 5.41) is 11.8. The molecule has 0 saturated heterocycles. The van der Waals surface area contributed by atoms with Crippen LogP contribution in [-0.4, -0.2) is 24.1 Å². The van der Waals surface area contributed by atoms with E-state index >= 15 is 0 Å². The van der Waals surface area contributed by atoms with Crippen LogP contribution in [0.5, 0.6) is 5.75 Å². The summed E-state index contributed by atoms with van der Waals surface area (Å²) in [6.45, 7) is 6.30. The lowest BCUT2D eigenvalue weighted by molar-refractivity contribution is 0.0696. The van der Waals surface area contributed by atoms with Crippen molar-refractivity contribution in [3.05, 3.63) is 59.2 Å². The monoisotopic (exact) mass is 327 g/mol. The van der Waals surface area contributed by atoms with Crippen LogP contribution in [0, 0.1) is 0 Å². The number of carbonyl (C=O) groups excluding carboxylic acids is 1. The van der Waals surface area contributed by atoms with Crippen molar-refractivity contribution in [2.24, 2.45) is 0 Å². The van der Waals surface area contributed by atoms with Gasteiger partial charge in [0.2, 0.25) is 0 Å². The van der Waals surface area contributed by atoms with Crippen LogP contribution in [0.1, 0.15) is 47.1 Å². The summed E-state index contributed by atoms with van der Waals surface area (Å²) in [7, 11) is 1.46. The Morgan fingerprint density at radius 1 is 1.00 bits per heavy atom. The third-order valence-corrected chi connectivity index (χ3v) is 3.71. The van der Waals surface area contributed by atoms with Gasteiger partial charge in [0.15, 0.2) is 0 Å². The number of carboxylic acids is 1. The molecule has 2 aromatic rings. The fourth-order valence-corrected chi connectivity index (χ4v) is 2.25. The first-order chi connectivity index (χ1) is 11.2. The number of rotatable bonds is 4. The van der Waals surface area contributed by atoms with E-state index in [-0.39, 0.29) is 16.9 Å². The number of amides is 1. The standard InChI is InChI=1S/C19H21NO4/c1-19(2,3)14-8-5-12(6-9-14)17(21)20-15-11-13(18(22)23)7-10-16(15)24-4/h5-11H,1-4H3,(H,20,21)(H,22,23). The molecule has 0 aliphatic carbocycles. The van der Waals surface area contributed by atoms with Crippen molar-refractivity contribution in [1.29, 1.82) is 0 Å². The largest absolute Gasteiger partial charge is 0.495 e. The van der Waals surface area contributed by atoms with E-state index in [1.807, 2.05) is 12.1 Å². The minimum atomic E-state index is -1.07. The smallest absolute Gasteiger partial charge is 0.335 e. The highest BCUT2D eigenvalue weighted by atomic mass is 16.5. The lowest BCUT2D eigenvalue weighted by Crippen LogP contribution is -2.15. The number of aromatic carboxylic acids is 1. The van der Waals surface area contributed by atoms with E-state index in [1.165, 1.54) is 25.3 Å². The molecule has 0 aromatic heterocycles. The molecule has 2 rings (SSSR count). The molecule has 126 valence electrons. The van der Waals surface area contributed by atoms with E-state index in [9.17, 15) is 9.59 Å². The highest BCUT2D eigenvalue weighted by Gasteiger charge is 2.16. The number of benzene rings is 2. The Kier molecular flexibility index (Phi) is 4.93. The van der Waals surface area contributed by atoms with Gasteiger partial charge in [0.1, 0.15) is 5.75 Å². The molecule has 0 radical (unpaired) electrons. The molecule has 1 amide bonds. The minimum absolute atomic E-state index is 0.00798. The Hall–Kier alpha value is -2.82. The Morgan fingerprint density at radius 2 is 1.58 bits per heavy atom. The topological polar surface area (TPSA) is 75.6 Å². The van der Waals surface area contributed by atoms with Crippen molar-refractivity contribution in [3.8, 4) is 5.75 Å². The van der Waals surface area contributed by atoms with Gasteiger partial charge in [-0.2, -0.15) is 0 Å². The van der Waals surface area contributed by atoms with Crippen LogP contribution in [0.15, 0.2) is 42.5 Å². The number of carbonyl (C=O) groups is 2. The van der Waals surface area contributed by atoms with Crippen molar-refractivity contribution in [2.75, 3.05) is 12.4 Å². The molecule has 0 aliphatic rings. The zero-order valence-electron chi connectivity index (χ0n) is 14.2. The average Bonchev–Trinajstić information content (AvgIpc) is 2.54. The minimum Gasteiger partial charge on any atom is -0.495 e. The van der Waals surface area contributed by atoms with E-state index in [0.717, 1.165) is 5.56 Å². The predicted molar refractivity (Wildman–Crippen MR) is 93.0 cm³/mol. The van der Waals surface area contributed by atoms with Gasteiger partial charge < -0.3 is 15.2 Å². The maximum Gasteiger partial charge on any atom is 0.335 e. The first-order valence-electron chi connectivity index (χ1n) is 7.55. The van der Waals surface area contributed by atoms with Gasteiger partial charge in [-0.15, -0.1) is 0 Å². The average molecular weight is 327 g/mol. The van der Waals surface area contributed by atoms with E-state index in [1.54, 1.807) is 12.1 Å². The van der Waals surface area contributed by atoms with Crippen LogP contribution in [0.25, 0.3) is 0 Å². The maximum absolute atomic E-state index is 12.4. The zero-order chi connectivity index (χ0) is 17.9. The molecular weight excluding hydrogens is 306 g/mol. The molecule has 0 bridgehead atoms. The van der Waals surface area contributed by atoms with E-state index in [2.05, 4.69) is 26.1 Å². The van der Waals surface area contributed by atoms with Gasteiger partial charge in [0.25, 0.3) is 5.91 Å². The summed E-state index contributed by atoms with van der Waals surface area (Å²) < 4.78 is 5.17. The molecule has 5 heteroatoms. The van der Waals surface area contributed by atoms with Gasteiger partial charge in [-0.25, -0.2) is 4.79 Å². The number of anilines is 1. The first kappa shape index (κ1) is 17.5. The molecule has 0 fully saturated rings. The van der Waals surface area contributed by atoms with E-state index in [4.69, 9.17) is 9.84 Å². The quantitative estimate of drug-likeness (QED) is 0.892. The van der Waals surface area contributed by atoms with Crippen molar-refractivity contribution < 1.29 is 19.4 Å². The molecule has 5 nitrogen and oxygen atoms in total. The van der Waals surface area contributed by atoms with E-state index in [0.29, 0.717) is 17.0 Å². The number of nitrogens with one attached hydrogen (secondary N) is 1. The maximum atomic E-state index is 12.4. The molecular formula is C19H21NO4.